The fourth-order valence-corrected chi connectivity index (χ4v) is 2.07. The molecule has 2 aromatic rings. The van der Waals surface area contributed by atoms with Crippen molar-refractivity contribution >= 4 is 5.91 Å². The maximum atomic E-state index is 12.3. The number of carbonyl (C=O) groups is 1. The van der Waals surface area contributed by atoms with Gasteiger partial charge in [-0.05, 0) is 36.2 Å². The average molecular weight is 343 g/mol. The number of hydrogen-bond donors (Lipinski definition) is 0. The Morgan fingerprint density at radius 3 is 2.28 bits per heavy atom. The van der Waals surface area contributed by atoms with Crippen molar-refractivity contribution in [3.05, 3.63) is 65.5 Å². The summed E-state index contributed by atoms with van der Waals surface area (Å²) in [6.45, 7) is 11.0. The summed E-state index contributed by atoms with van der Waals surface area (Å²) < 4.78 is 0. The highest BCUT2D eigenvalue weighted by atomic mass is 16.2. The molecule has 0 radical (unpaired) electrons. The standard InChI is InChI=1S/C17H20N2O.C3H8.C2H6/c1-3-14-7-6-8-15(13-14)17(20)19(2)12-10-16-9-4-5-11-18-16;1-3-2;1-2/h4-9,11,13H,3,10,12H2,1-2H3;3H2,1-2H3;1-2H3. The van der Waals surface area contributed by atoms with Crippen molar-refractivity contribution in [2.24, 2.45) is 0 Å². The van der Waals surface area contributed by atoms with Crippen LogP contribution < -0.4 is 0 Å². The highest BCUT2D eigenvalue weighted by Crippen LogP contribution is 2.09. The lowest BCUT2D eigenvalue weighted by molar-refractivity contribution is 0.0796. The molecule has 0 aliphatic heterocycles. The Labute approximate surface area is 154 Å². The molecular weight excluding hydrogens is 308 g/mol. The molecule has 0 aliphatic rings. The van der Waals surface area contributed by atoms with Crippen LogP contribution in [-0.4, -0.2) is 29.4 Å². The van der Waals surface area contributed by atoms with E-state index in [9.17, 15) is 4.79 Å². The Hall–Kier alpha value is -2.16. The molecular formula is C22H34N2O. The summed E-state index contributed by atoms with van der Waals surface area (Å²) in [4.78, 5) is 18.4. The summed E-state index contributed by atoms with van der Waals surface area (Å²) in [5, 5.41) is 0. The van der Waals surface area contributed by atoms with Gasteiger partial charge >= 0.3 is 0 Å². The first-order valence-electron chi connectivity index (χ1n) is 9.36. The predicted molar refractivity (Wildman–Crippen MR) is 108 cm³/mol. The van der Waals surface area contributed by atoms with Crippen LogP contribution in [0.1, 0.15) is 62.7 Å². The van der Waals surface area contributed by atoms with Gasteiger partial charge in [-0.2, -0.15) is 0 Å². The van der Waals surface area contributed by atoms with Crippen LogP contribution in [0, 0.1) is 0 Å². The fourth-order valence-electron chi connectivity index (χ4n) is 2.07. The van der Waals surface area contributed by atoms with Crippen molar-refractivity contribution in [1.82, 2.24) is 9.88 Å². The third kappa shape index (κ3) is 9.04. The number of pyridine rings is 1. The van der Waals surface area contributed by atoms with E-state index in [0.29, 0.717) is 6.54 Å². The third-order valence-electron chi connectivity index (χ3n) is 3.36. The van der Waals surface area contributed by atoms with E-state index in [2.05, 4.69) is 25.8 Å². The molecule has 3 heteroatoms. The van der Waals surface area contributed by atoms with Crippen LogP contribution in [-0.2, 0) is 12.8 Å². The van der Waals surface area contributed by atoms with Crippen LogP contribution in [0.2, 0.25) is 0 Å². The third-order valence-corrected chi connectivity index (χ3v) is 3.36. The van der Waals surface area contributed by atoms with E-state index < -0.39 is 0 Å². The van der Waals surface area contributed by atoms with Gasteiger partial charge < -0.3 is 4.90 Å². The first kappa shape index (κ1) is 22.8. The zero-order valence-electron chi connectivity index (χ0n) is 16.7. The van der Waals surface area contributed by atoms with Crippen molar-refractivity contribution in [3.63, 3.8) is 0 Å². The van der Waals surface area contributed by atoms with E-state index in [1.807, 2.05) is 63.4 Å². The minimum absolute atomic E-state index is 0.0660. The molecule has 3 nitrogen and oxygen atoms in total. The molecule has 0 atom stereocenters. The molecule has 0 saturated heterocycles. The van der Waals surface area contributed by atoms with E-state index in [1.54, 1.807) is 11.1 Å². The Bertz CT molecular complexity index is 582. The Morgan fingerprint density at radius 1 is 1.04 bits per heavy atom. The number of hydrogen-bond acceptors (Lipinski definition) is 2. The molecule has 2 rings (SSSR count). The van der Waals surface area contributed by atoms with Gasteiger partial charge in [0, 0.05) is 37.5 Å². The molecule has 0 bridgehead atoms. The van der Waals surface area contributed by atoms with Crippen LogP contribution in [0.4, 0.5) is 0 Å². The average Bonchev–Trinajstić information content (AvgIpc) is 2.68. The van der Waals surface area contributed by atoms with Crippen molar-refractivity contribution in [3.8, 4) is 0 Å². The molecule has 1 aromatic heterocycles. The Kier molecular flexibility index (Phi) is 13.0. The van der Waals surface area contributed by atoms with Crippen LogP contribution in [0.25, 0.3) is 0 Å². The van der Waals surface area contributed by atoms with Gasteiger partial charge in [-0.1, -0.05) is 59.2 Å². The van der Waals surface area contributed by atoms with Gasteiger partial charge in [0.15, 0.2) is 0 Å². The largest absolute Gasteiger partial charge is 0.341 e. The summed E-state index contributed by atoms with van der Waals surface area (Å²) in [6.07, 6.45) is 4.75. The lowest BCUT2D eigenvalue weighted by atomic mass is 10.1. The number of aromatic nitrogens is 1. The van der Waals surface area contributed by atoms with E-state index in [0.717, 1.165) is 24.1 Å². The molecule has 0 aliphatic carbocycles. The molecule has 0 unspecified atom stereocenters. The molecule has 1 amide bonds. The zero-order valence-corrected chi connectivity index (χ0v) is 16.7. The summed E-state index contributed by atoms with van der Waals surface area (Å²) in [6, 6.07) is 13.7. The maximum absolute atomic E-state index is 12.3. The number of rotatable bonds is 5. The first-order valence-corrected chi connectivity index (χ1v) is 9.36. The van der Waals surface area contributed by atoms with Crippen LogP contribution >= 0.6 is 0 Å². The second-order valence-corrected chi connectivity index (χ2v) is 5.56. The van der Waals surface area contributed by atoms with Gasteiger partial charge in [-0.25, -0.2) is 0 Å². The smallest absolute Gasteiger partial charge is 0.253 e. The van der Waals surface area contributed by atoms with E-state index >= 15 is 0 Å². The lowest BCUT2D eigenvalue weighted by Crippen LogP contribution is -2.29. The number of nitrogens with zero attached hydrogens (tertiary/aromatic N) is 2. The highest BCUT2D eigenvalue weighted by Gasteiger charge is 2.11. The van der Waals surface area contributed by atoms with Crippen LogP contribution in [0.15, 0.2) is 48.7 Å². The van der Waals surface area contributed by atoms with Crippen molar-refractivity contribution < 1.29 is 4.79 Å². The van der Waals surface area contributed by atoms with Crippen molar-refractivity contribution in [1.29, 1.82) is 0 Å². The van der Waals surface area contributed by atoms with E-state index in [-0.39, 0.29) is 5.91 Å². The molecule has 0 N–H and O–H groups in total. The molecule has 1 heterocycles. The zero-order chi connectivity index (χ0) is 19.1. The van der Waals surface area contributed by atoms with Crippen LogP contribution in [0.3, 0.4) is 0 Å². The number of amides is 1. The Balaban J connectivity index is 0.00000104. The molecule has 0 spiro atoms. The number of aryl methyl sites for hydroxylation is 1. The van der Waals surface area contributed by atoms with Gasteiger partial charge in [0.25, 0.3) is 5.91 Å². The number of carbonyl (C=O) groups excluding carboxylic acids is 1. The van der Waals surface area contributed by atoms with Crippen LogP contribution in [0.5, 0.6) is 0 Å². The summed E-state index contributed by atoms with van der Waals surface area (Å²) in [5.74, 6) is 0.0660. The van der Waals surface area contributed by atoms with Gasteiger partial charge in [-0.15, -0.1) is 0 Å². The van der Waals surface area contributed by atoms with Crippen molar-refractivity contribution in [2.75, 3.05) is 13.6 Å². The predicted octanol–water partition coefficient (Wildman–Crippen LogP) is 5.40. The molecule has 0 fully saturated rings. The summed E-state index contributed by atoms with van der Waals surface area (Å²) >= 11 is 0. The fraction of sp³-hybridized carbons (Fsp3) is 0.455. The number of benzene rings is 1. The molecule has 25 heavy (non-hydrogen) atoms. The van der Waals surface area contributed by atoms with E-state index in [1.165, 1.54) is 12.0 Å². The van der Waals surface area contributed by atoms with E-state index in [4.69, 9.17) is 0 Å². The summed E-state index contributed by atoms with van der Waals surface area (Å²) in [5.41, 5.74) is 2.95. The SMILES string of the molecule is CC.CCC.CCc1cccc(C(=O)N(C)CCc2ccccn2)c1. The van der Waals surface area contributed by atoms with Gasteiger partial charge in [0.2, 0.25) is 0 Å². The lowest BCUT2D eigenvalue weighted by Gasteiger charge is -2.17. The molecule has 0 saturated carbocycles. The highest BCUT2D eigenvalue weighted by molar-refractivity contribution is 5.94. The first-order chi connectivity index (χ1) is 12.1. The Morgan fingerprint density at radius 2 is 1.72 bits per heavy atom. The quantitative estimate of drug-likeness (QED) is 0.729. The maximum Gasteiger partial charge on any atom is 0.253 e. The number of likely N-dealkylation sites (N-methyl/N-ethyl adjacent to an activating group) is 1. The monoisotopic (exact) mass is 342 g/mol. The molecule has 138 valence electrons. The minimum atomic E-state index is 0.0660. The van der Waals surface area contributed by atoms with Crippen molar-refractivity contribution in [2.45, 2.75) is 53.9 Å². The second kappa shape index (κ2) is 14.2. The van der Waals surface area contributed by atoms with Gasteiger partial charge in [-0.3, -0.25) is 9.78 Å². The van der Waals surface area contributed by atoms with Gasteiger partial charge in [0.1, 0.15) is 0 Å². The summed E-state index contributed by atoms with van der Waals surface area (Å²) in [7, 11) is 1.84. The second-order valence-electron chi connectivity index (χ2n) is 5.56. The minimum Gasteiger partial charge on any atom is -0.341 e. The topological polar surface area (TPSA) is 33.2 Å². The normalized spacial score (nSPS) is 9.20. The molecule has 1 aromatic carbocycles. The van der Waals surface area contributed by atoms with Gasteiger partial charge in [0.05, 0.1) is 0 Å².